The Morgan fingerprint density at radius 2 is 2.06 bits per heavy atom. The molecule has 100 valence electrons. The number of ether oxygens (including phenoxy) is 1. The number of nitrogens with zero attached hydrogens (tertiary/aromatic N) is 1. The van der Waals surface area contributed by atoms with Gasteiger partial charge in [0.1, 0.15) is 23.8 Å². The number of morpholine rings is 1. The van der Waals surface area contributed by atoms with Crippen molar-refractivity contribution in [2.24, 2.45) is 0 Å². The molecule has 0 aromatic heterocycles. The fourth-order valence-corrected chi connectivity index (χ4v) is 2.17. The van der Waals surface area contributed by atoms with Crippen LogP contribution in [0.5, 0.6) is 0 Å². The summed E-state index contributed by atoms with van der Waals surface area (Å²) in [6.07, 6.45) is -1.45. The van der Waals surface area contributed by atoms with Crippen molar-refractivity contribution >= 4 is 0 Å². The molecule has 1 fully saturated rings. The minimum Gasteiger partial charge on any atom is -0.386 e. The highest BCUT2D eigenvalue weighted by molar-refractivity contribution is 5.21. The third kappa shape index (κ3) is 3.04. The summed E-state index contributed by atoms with van der Waals surface area (Å²) >= 11 is 0. The highest BCUT2D eigenvalue weighted by Crippen LogP contribution is 2.23. The number of benzene rings is 1. The fraction of sp³-hybridized carbons (Fsp3) is 0.538. The summed E-state index contributed by atoms with van der Waals surface area (Å²) < 4.78 is 31.7. The largest absolute Gasteiger partial charge is 0.386 e. The third-order valence-corrected chi connectivity index (χ3v) is 3.20. The smallest absolute Gasteiger partial charge is 0.126 e. The second-order valence-electron chi connectivity index (χ2n) is 4.45. The quantitative estimate of drug-likeness (QED) is 0.895. The van der Waals surface area contributed by atoms with Crippen molar-refractivity contribution in [3.8, 4) is 0 Å². The monoisotopic (exact) mass is 257 g/mol. The summed E-state index contributed by atoms with van der Waals surface area (Å²) in [5.74, 6) is -1.38. The highest BCUT2D eigenvalue weighted by Gasteiger charge is 2.27. The van der Waals surface area contributed by atoms with E-state index in [1.54, 1.807) is 0 Å². The Bertz CT molecular complexity index is 394. The first-order valence-corrected chi connectivity index (χ1v) is 6.08. The SMILES string of the molecule is CCN1CCOC(C(O)c2cc(F)cc(F)c2)C1. The van der Waals surface area contributed by atoms with Crippen LogP contribution in [0.15, 0.2) is 18.2 Å². The van der Waals surface area contributed by atoms with Crippen LogP contribution in [0, 0.1) is 11.6 Å². The molecule has 0 amide bonds. The van der Waals surface area contributed by atoms with Gasteiger partial charge in [0, 0.05) is 19.2 Å². The molecule has 1 aromatic rings. The molecule has 5 heteroatoms. The average Bonchev–Trinajstić information content (AvgIpc) is 2.37. The summed E-state index contributed by atoms with van der Waals surface area (Å²) in [7, 11) is 0. The fourth-order valence-electron chi connectivity index (χ4n) is 2.17. The van der Waals surface area contributed by atoms with Crippen LogP contribution in [0.3, 0.4) is 0 Å². The minimum absolute atomic E-state index is 0.218. The van der Waals surface area contributed by atoms with Crippen LogP contribution in [0.1, 0.15) is 18.6 Å². The number of aliphatic hydroxyl groups excluding tert-OH is 1. The Kier molecular flexibility index (Phi) is 4.27. The maximum atomic E-state index is 13.1. The van der Waals surface area contributed by atoms with E-state index in [0.29, 0.717) is 13.2 Å². The Hall–Kier alpha value is -1.04. The summed E-state index contributed by atoms with van der Waals surface area (Å²) in [5.41, 5.74) is 0.218. The van der Waals surface area contributed by atoms with Gasteiger partial charge in [0.05, 0.1) is 6.61 Å². The molecule has 1 aliphatic heterocycles. The summed E-state index contributed by atoms with van der Waals surface area (Å²) in [6, 6.07) is 3.07. The zero-order chi connectivity index (χ0) is 13.1. The van der Waals surface area contributed by atoms with E-state index in [-0.39, 0.29) is 5.56 Å². The normalized spacial score (nSPS) is 23.0. The standard InChI is InChI=1S/C13H17F2NO2/c1-2-16-3-4-18-12(8-16)13(17)9-5-10(14)7-11(15)6-9/h5-7,12-13,17H,2-4,8H2,1H3. The van der Waals surface area contributed by atoms with E-state index < -0.39 is 23.8 Å². The van der Waals surface area contributed by atoms with Crippen LogP contribution in [0.4, 0.5) is 8.78 Å². The van der Waals surface area contributed by atoms with Gasteiger partial charge in [0.2, 0.25) is 0 Å². The van der Waals surface area contributed by atoms with E-state index in [0.717, 1.165) is 31.3 Å². The van der Waals surface area contributed by atoms with Crippen LogP contribution in [0.25, 0.3) is 0 Å². The van der Waals surface area contributed by atoms with Crippen LogP contribution >= 0.6 is 0 Å². The van der Waals surface area contributed by atoms with E-state index in [2.05, 4.69) is 4.90 Å². The Balaban J connectivity index is 2.12. The molecule has 1 saturated heterocycles. The molecule has 0 saturated carbocycles. The summed E-state index contributed by atoms with van der Waals surface area (Å²) in [4.78, 5) is 2.13. The number of rotatable bonds is 3. The lowest BCUT2D eigenvalue weighted by atomic mass is 10.0. The molecular weight excluding hydrogens is 240 g/mol. The Labute approximate surface area is 105 Å². The first kappa shape index (κ1) is 13.4. The molecule has 18 heavy (non-hydrogen) atoms. The van der Waals surface area contributed by atoms with Gasteiger partial charge >= 0.3 is 0 Å². The molecule has 1 heterocycles. The maximum Gasteiger partial charge on any atom is 0.126 e. The van der Waals surface area contributed by atoms with Gasteiger partial charge in [-0.15, -0.1) is 0 Å². The lowest BCUT2D eigenvalue weighted by Gasteiger charge is -2.34. The van der Waals surface area contributed by atoms with Crippen molar-refractivity contribution < 1.29 is 18.6 Å². The van der Waals surface area contributed by atoms with Gasteiger partial charge in [-0.2, -0.15) is 0 Å². The van der Waals surface area contributed by atoms with Gasteiger partial charge < -0.3 is 9.84 Å². The van der Waals surface area contributed by atoms with Gasteiger partial charge in [-0.25, -0.2) is 8.78 Å². The van der Waals surface area contributed by atoms with Crippen molar-refractivity contribution in [2.75, 3.05) is 26.2 Å². The van der Waals surface area contributed by atoms with Crippen LogP contribution in [0.2, 0.25) is 0 Å². The second-order valence-corrected chi connectivity index (χ2v) is 4.45. The first-order chi connectivity index (χ1) is 8.60. The molecule has 1 aromatic carbocycles. The summed E-state index contributed by atoms with van der Waals surface area (Å²) in [5, 5.41) is 10.1. The molecule has 0 aliphatic carbocycles. The number of halogens is 2. The van der Waals surface area contributed by atoms with Crippen LogP contribution < -0.4 is 0 Å². The number of likely N-dealkylation sites (N-methyl/N-ethyl adjacent to an activating group) is 1. The lowest BCUT2D eigenvalue weighted by Crippen LogP contribution is -2.44. The van der Waals surface area contributed by atoms with Gasteiger partial charge in [0.25, 0.3) is 0 Å². The van der Waals surface area contributed by atoms with Crippen LogP contribution in [-0.2, 0) is 4.74 Å². The molecule has 2 atom stereocenters. The van der Waals surface area contributed by atoms with Gasteiger partial charge in [-0.05, 0) is 24.2 Å². The van der Waals surface area contributed by atoms with Crippen molar-refractivity contribution in [3.05, 3.63) is 35.4 Å². The Morgan fingerprint density at radius 3 is 2.67 bits per heavy atom. The lowest BCUT2D eigenvalue weighted by molar-refractivity contribution is -0.0890. The van der Waals surface area contributed by atoms with Crippen LogP contribution in [-0.4, -0.2) is 42.4 Å². The van der Waals surface area contributed by atoms with Gasteiger partial charge in [-0.1, -0.05) is 6.92 Å². The zero-order valence-corrected chi connectivity index (χ0v) is 10.3. The van der Waals surface area contributed by atoms with Gasteiger partial charge in [0.15, 0.2) is 0 Å². The number of aliphatic hydroxyl groups is 1. The summed E-state index contributed by atoms with van der Waals surface area (Å²) in [6.45, 7) is 4.79. The minimum atomic E-state index is -1.01. The van der Waals surface area contributed by atoms with Crippen molar-refractivity contribution in [2.45, 2.75) is 19.1 Å². The topological polar surface area (TPSA) is 32.7 Å². The van der Waals surface area contributed by atoms with Crippen molar-refractivity contribution in [3.63, 3.8) is 0 Å². The van der Waals surface area contributed by atoms with E-state index in [4.69, 9.17) is 4.74 Å². The molecule has 1 N–H and O–H groups in total. The molecule has 0 radical (unpaired) electrons. The van der Waals surface area contributed by atoms with Crippen molar-refractivity contribution in [1.29, 1.82) is 0 Å². The molecule has 1 aliphatic rings. The molecule has 2 unspecified atom stereocenters. The molecular formula is C13H17F2NO2. The predicted octanol–water partition coefficient (Wildman–Crippen LogP) is 1.72. The van der Waals surface area contributed by atoms with Crippen molar-refractivity contribution in [1.82, 2.24) is 4.90 Å². The van der Waals surface area contributed by atoms with E-state index in [1.165, 1.54) is 0 Å². The van der Waals surface area contributed by atoms with E-state index in [9.17, 15) is 13.9 Å². The number of hydrogen-bond donors (Lipinski definition) is 1. The highest BCUT2D eigenvalue weighted by atomic mass is 19.1. The maximum absolute atomic E-state index is 13.1. The average molecular weight is 257 g/mol. The molecule has 0 spiro atoms. The molecule has 0 bridgehead atoms. The number of hydrogen-bond acceptors (Lipinski definition) is 3. The van der Waals surface area contributed by atoms with E-state index >= 15 is 0 Å². The molecule has 2 rings (SSSR count). The second kappa shape index (κ2) is 5.73. The first-order valence-electron chi connectivity index (χ1n) is 6.08. The zero-order valence-electron chi connectivity index (χ0n) is 10.3. The molecule has 3 nitrogen and oxygen atoms in total. The van der Waals surface area contributed by atoms with Gasteiger partial charge in [-0.3, -0.25) is 4.90 Å². The van der Waals surface area contributed by atoms with E-state index in [1.807, 2.05) is 6.92 Å². The Morgan fingerprint density at radius 1 is 1.39 bits per heavy atom. The third-order valence-electron chi connectivity index (χ3n) is 3.20. The predicted molar refractivity (Wildman–Crippen MR) is 63.2 cm³/mol.